The van der Waals surface area contributed by atoms with Crippen LogP contribution >= 0.6 is 23.1 Å². The molecule has 0 fully saturated rings. The van der Waals surface area contributed by atoms with Gasteiger partial charge >= 0.3 is 0 Å². The molecule has 0 radical (unpaired) electrons. The van der Waals surface area contributed by atoms with Gasteiger partial charge in [-0.05, 0) is 49.1 Å². The van der Waals surface area contributed by atoms with Crippen molar-refractivity contribution in [3.8, 4) is 5.69 Å². The quantitative estimate of drug-likeness (QED) is 0.537. The van der Waals surface area contributed by atoms with Gasteiger partial charge in [-0.1, -0.05) is 43.8 Å². The number of hydrogen-bond donors (Lipinski definition) is 0. The second-order valence-corrected chi connectivity index (χ2v) is 10.1. The Bertz CT molecular complexity index is 1260. The van der Waals surface area contributed by atoms with Crippen LogP contribution in [0.15, 0.2) is 57.3 Å². The van der Waals surface area contributed by atoms with Crippen molar-refractivity contribution in [3.05, 3.63) is 74.0 Å². The van der Waals surface area contributed by atoms with Crippen molar-refractivity contribution in [1.82, 2.24) is 9.36 Å². The molecule has 0 spiro atoms. The summed E-state index contributed by atoms with van der Waals surface area (Å²) < 4.78 is 3.36. The van der Waals surface area contributed by atoms with Crippen LogP contribution in [0.2, 0.25) is 0 Å². The standard InChI is InChI=1S/C23H24N4O2S2/c1-14(2)31-23-24-18(13-19-15(3)11-12-30-19)21(28)26(23)20-16(4)25(5)27(22(20)29)17-9-7-6-8-10-17/h6-14H,1-5H3. The second-order valence-electron chi connectivity index (χ2n) is 7.61. The van der Waals surface area contributed by atoms with E-state index in [2.05, 4.69) is 4.99 Å². The van der Waals surface area contributed by atoms with E-state index in [-0.39, 0.29) is 16.7 Å². The highest BCUT2D eigenvalue weighted by Gasteiger charge is 2.37. The minimum atomic E-state index is -0.276. The molecule has 4 rings (SSSR count). The number of aromatic nitrogens is 2. The van der Waals surface area contributed by atoms with E-state index in [1.54, 1.807) is 20.7 Å². The Kier molecular flexibility index (Phi) is 5.77. The largest absolute Gasteiger partial charge is 0.296 e. The number of hydrogen-bond acceptors (Lipinski definition) is 5. The van der Waals surface area contributed by atoms with Gasteiger partial charge in [0, 0.05) is 17.2 Å². The number of thiophene rings is 1. The summed E-state index contributed by atoms with van der Waals surface area (Å²) in [6.45, 7) is 7.95. The lowest BCUT2D eigenvalue weighted by molar-refractivity contribution is -0.113. The monoisotopic (exact) mass is 452 g/mol. The molecule has 0 unspecified atom stereocenters. The molecule has 160 valence electrons. The van der Waals surface area contributed by atoms with Gasteiger partial charge in [-0.3, -0.25) is 14.3 Å². The first-order valence-electron chi connectivity index (χ1n) is 9.99. The SMILES string of the molecule is Cc1ccsc1C=C1N=C(SC(C)C)N(c2c(C)n(C)n(-c3ccccc3)c2=O)C1=O. The molecule has 6 nitrogen and oxygen atoms in total. The van der Waals surface area contributed by atoms with Crippen LogP contribution in [0.25, 0.3) is 11.8 Å². The minimum Gasteiger partial charge on any atom is -0.283 e. The third-order valence-electron chi connectivity index (χ3n) is 5.09. The van der Waals surface area contributed by atoms with Crippen molar-refractivity contribution in [3.63, 3.8) is 0 Å². The van der Waals surface area contributed by atoms with Gasteiger partial charge in [-0.2, -0.15) is 0 Å². The molecule has 0 atom stereocenters. The predicted octanol–water partition coefficient (Wildman–Crippen LogP) is 4.74. The Labute approximate surface area is 189 Å². The molecule has 0 N–H and O–H groups in total. The van der Waals surface area contributed by atoms with E-state index in [0.29, 0.717) is 22.2 Å². The number of para-hydroxylation sites is 1. The van der Waals surface area contributed by atoms with Crippen LogP contribution in [-0.2, 0) is 11.8 Å². The normalized spacial score (nSPS) is 15.4. The third kappa shape index (κ3) is 3.81. The topological polar surface area (TPSA) is 59.6 Å². The molecular formula is C23H24N4O2S2. The number of carbonyl (C=O) groups is 1. The zero-order valence-electron chi connectivity index (χ0n) is 18.1. The van der Waals surface area contributed by atoms with Gasteiger partial charge in [0.15, 0.2) is 5.17 Å². The number of amidine groups is 1. The summed E-state index contributed by atoms with van der Waals surface area (Å²) in [6.07, 6.45) is 1.82. The van der Waals surface area contributed by atoms with Gasteiger partial charge in [0.1, 0.15) is 11.4 Å². The molecule has 0 saturated heterocycles. The van der Waals surface area contributed by atoms with Crippen molar-refractivity contribution >= 4 is 45.9 Å². The summed E-state index contributed by atoms with van der Waals surface area (Å²) in [5, 5.41) is 2.73. The number of aryl methyl sites for hydroxylation is 1. The van der Waals surface area contributed by atoms with Gasteiger partial charge in [0.25, 0.3) is 11.5 Å². The molecule has 1 aliphatic heterocycles. The molecule has 0 bridgehead atoms. The van der Waals surface area contributed by atoms with Gasteiger partial charge in [0.05, 0.1) is 11.4 Å². The molecule has 0 saturated carbocycles. The van der Waals surface area contributed by atoms with Crippen molar-refractivity contribution in [2.24, 2.45) is 12.0 Å². The first-order valence-corrected chi connectivity index (χ1v) is 11.7. The third-order valence-corrected chi connectivity index (χ3v) is 7.01. The molecule has 31 heavy (non-hydrogen) atoms. The number of anilines is 1. The molecule has 3 heterocycles. The number of amides is 1. The lowest BCUT2D eigenvalue weighted by Crippen LogP contribution is -2.35. The number of thioether (sulfide) groups is 1. The summed E-state index contributed by atoms with van der Waals surface area (Å²) in [4.78, 5) is 34.1. The first-order chi connectivity index (χ1) is 14.8. The van der Waals surface area contributed by atoms with Crippen molar-refractivity contribution in [2.45, 2.75) is 32.9 Å². The lowest BCUT2D eigenvalue weighted by atomic mass is 10.2. The molecule has 1 aliphatic rings. The fraction of sp³-hybridized carbons (Fsp3) is 0.261. The average molecular weight is 453 g/mol. The predicted molar refractivity (Wildman–Crippen MR) is 130 cm³/mol. The second kappa shape index (κ2) is 8.36. The summed E-state index contributed by atoms with van der Waals surface area (Å²) in [7, 11) is 1.83. The van der Waals surface area contributed by atoms with Crippen LogP contribution in [0, 0.1) is 13.8 Å². The van der Waals surface area contributed by atoms with E-state index in [1.165, 1.54) is 16.7 Å². The fourth-order valence-corrected chi connectivity index (χ4v) is 5.16. The van der Waals surface area contributed by atoms with Crippen LogP contribution in [-0.4, -0.2) is 25.7 Å². The van der Waals surface area contributed by atoms with E-state index in [0.717, 1.165) is 16.1 Å². The molecule has 1 amide bonds. The molecular weight excluding hydrogens is 428 g/mol. The number of nitrogens with zero attached hydrogens (tertiary/aromatic N) is 4. The van der Waals surface area contributed by atoms with Gasteiger partial charge in [-0.15, -0.1) is 11.3 Å². The van der Waals surface area contributed by atoms with E-state index in [1.807, 2.05) is 82.6 Å². The van der Waals surface area contributed by atoms with Crippen molar-refractivity contribution in [2.75, 3.05) is 4.90 Å². The molecule has 3 aromatic rings. The van der Waals surface area contributed by atoms with Crippen LogP contribution in [0.4, 0.5) is 5.69 Å². The van der Waals surface area contributed by atoms with Gasteiger partial charge in [-0.25, -0.2) is 14.6 Å². The molecule has 0 aliphatic carbocycles. The molecule has 1 aromatic carbocycles. The lowest BCUT2D eigenvalue weighted by Gasteiger charge is -2.17. The summed E-state index contributed by atoms with van der Waals surface area (Å²) >= 11 is 3.05. The van der Waals surface area contributed by atoms with Crippen LogP contribution in [0.3, 0.4) is 0 Å². The van der Waals surface area contributed by atoms with Crippen molar-refractivity contribution in [1.29, 1.82) is 0 Å². The Morgan fingerprint density at radius 1 is 1.10 bits per heavy atom. The zero-order valence-corrected chi connectivity index (χ0v) is 19.8. The smallest absolute Gasteiger partial charge is 0.283 e. The first kappa shape index (κ1) is 21.4. The van der Waals surface area contributed by atoms with Crippen LogP contribution in [0.5, 0.6) is 0 Å². The van der Waals surface area contributed by atoms with Gasteiger partial charge < -0.3 is 0 Å². The summed E-state index contributed by atoms with van der Waals surface area (Å²) in [5.41, 5.74) is 2.99. The Morgan fingerprint density at radius 3 is 2.42 bits per heavy atom. The summed E-state index contributed by atoms with van der Waals surface area (Å²) in [6, 6.07) is 11.4. The van der Waals surface area contributed by atoms with E-state index < -0.39 is 0 Å². The highest BCUT2D eigenvalue weighted by molar-refractivity contribution is 8.14. The highest BCUT2D eigenvalue weighted by Crippen LogP contribution is 2.32. The number of benzene rings is 1. The van der Waals surface area contributed by atoms with Crippen molar-refractivity contribution < 1.29 is 4.79 Å². The van der Waals surface area contributed by atoms with Gasteiger partial charge in [0.2, 0.25) is 0 Å². The maximum Gasteiger partial charge on any atom is 0.296 e. The number of aliphatic imine (C=N–C) groups is 1. The average Bonchev–Trinajstić information content (AvgIpc) is 3.33. The van der Waals surface area contributed by atoms with E-state index in [9.17, 15) is 9.59 Å². The molecule has 2 aromatic heterocycles. The number of rotatable bonds is 4. The maximum atomic E-state index is 13.5. The maximum absolute atomic E-state index is 13.5. The number of carbonyl (C=O) groups excluding carboxylic acids is 1. The Balaban J connectivity index is 1.86. The Morgan fingerprint density at radius 2 is 1.81 bits per heavy atom. The van der Waals surface area contributed by atoms with Crippen LogP contribution in [0.1, 0.15) is 30.0 Å². The summed E-state index contributed by atoms with van der Waals surface area (Å²) in [5.74, 6) is -0.276. The van der Waals surface area contributed by atoms with E-state index >= 15 is 0 Å². The van der Waals surface area contributed by atoms with Crippen LogP contribution < -0.4 is 10.5 Å². The fourth-order valence-electron chi connectivity index (χ4n) is 3.45. The zero-order chi connectivity index (χ0) is 22.3. The highest BCUT2D eigenvalue weighted by atomic mass is 32.2. The molecule has 8 heteroatoms. The minimum absolute atomic E-state index is 0.206. The Hall–Kier alpha value is -2.84. The van der Waals surface area contributed by atoms with E-state index in [4.69, 9.17) is 0 Å².